The molecule has 196 valence electrons. The summed E-state index contributed by atoms with van der Waals surface area (Å²) in [6.45, 7) is 5.53. The number of hydrogen-bond donors (Lipinski definition) is 0. The standard InChI is InChI=1S/C30H42N2O4/c1-7-11-19-25-20(12-8-15-31(25)2)28(34-4)23(27(19)33-3)18-24-29(35-5)21-13-9-16-32-17-10-14-22(26(21)32)30(24)36-6/h7-18H2,1-6H3. The first-order valence-electron chi connectivity index (χ1n) is 13.6. The fourth-order valence-corrected chi connectivity index (χ4v) is 7.07. The van der Waals surface area contributed by atoms with Crippen molar-refractivity contribution in [2.45, 2.75) is 64.7 Å². The van der Waals surface area contributed by atoms with E-state index in [1.54, 1.807) is 14.2 Å². The zero-order chi connectivity index (χ0) is 25.4. The summed E-state index contributed by atoms with van der Waals surface area (Å²) in [7, 11) is 9.41. The van der Waals surface area contributed by atoms with Gasteiger partial charge in [0.2, 0.25) is 0 Å². The largest absolute Gasteiger partial charge is 0.496 e. The average molecular weight is 495 g/mol. The van der Waals surface area contributed by atoms with Crippen molar-refractivity contribution in [3.05, 3.63) is 33.4 Å². The second-order valence-corrected chi connectivity index (χ2v) is 10.3. The Labute approximate surface area is 216 Å². The van der Waals surface area contributed by atoms with Crippen molar-refractivity contribution in [1.82, 2.24) is 0 Å². The van der Waals surface area contributed by atoms with Crippen LogP contribution in [0.3, 0.4) is 0 Å². The van der Waals surface area contributed by atoms with Crippen molar-refractivity contribution < 1.29 is 18.9 Å². The highest BCUT2D eigenvalue weighted by molar-refractivity contribution is 5.77. The van der Waals surface area contributed by atoms with E-state index in [9.17, 15) is 0 Å². The van der Waals surface area contributed by atoms with Gasteiger partial charge in [-0.2, -0.15) is 0 Å². The van der Waals surface area contributed by atoms with Gasteiger partial charge in [0.25, 0.3) is 0 Å². The number of methoxy groups -OCH3 is 4. The smallest absolute Gasteiger partial charge is 0.131 e. The molecule has 6 nitrogen and oxygen atoms in total. The fraction of sp³-hybridized carbons (Fsp3) is 0.600. The van der Waals surface area contributed by atoms with E-state index in [0.717, 1.165) is 105 Å². The molecule has 6 heteroatoms. The minimum atomic E-state index is 0.659. The molecule has 0 N–H and O–H groups in total. The van der Waals surface area contributed by atoms with Gasteiger partial charge in [-0.05, 0) is 44.9 Å². The third-order valence-electron chi connectivity index (χ3n) is 8.33. The molecule has 0 saturated heterocycles. The Kier molecular flexibility index (Phi) is 7.14. The Morgan fingerprint density at radius 2 is 1.08 bits per heavy atom. The van der Waals surface area contributed by atoms with Crippen LogP contribution in [0, 0.1) is 0 Å². The summed E-state index contributed by atoms with van der Waals surface area (Å²) in [5.74, 6) is 3.88. The first kappa shape index (κ1) is 24.9. The number of hydrogen-bond acceptors (Lipinski definition) is 6. The molecule has 0 bridgehead atoms. The van der Waals surface area contributed by atoms with Crippen LogP contribution in [-0.2, 0) is 32.1 Å². The van der Waals surface area contributed by atoms with Crippen LogP contribution in [0.4, 0.5) is 11.4 Å². The van der Waals surface area contributed by atoms with Gasteiger partial charge >= 0.3 is 0 Å². The molecule has 0 aliphatic carbocycles. The van der Waals surface area contributed by atoms with Crippen molar-refractivity contribution in [3.8, 4) is 23.0 Å². The van der Waals surface area contributed by atoms with Gasteiger partial charge < -0.3 is 28.7 Å². The molecule has 2 aromatic carbocycles. The quantitative estimate of drug-likeness (QED) is 0.493. The topological polar surface area (TPSA) is 43.4 Å². The molecule has 36 heavy (non-hydrogen) atoms. The molecule has 5 rings (SSSR count). The summed E-state index contributed by atoms with van der Waals surface area (Å²) in [6, 6.07) is 0. The first-order chi connectivity index (χ1) is 17.6. The predicted molar refractivity (Wildman–Crippen MR) is 146 cm³/mol. The maximum absolute atomic E-state index is 6.21. The molecule has 2 aromatic rings. The van der Waals surface area contributed by atoms with Crippen LogP contribution in [0.15, 0.2) is 0 Å². The third-order valence-corrected chi connectivity index (χ3v) is 8.33. The third kappa shape index (κ3) is 3.84. The zero-order valence-electron chi connectivity index (χ0n) is 23.0. The van der Waals surface area contributed by atoms with E-state index in [0.29, 0.717) is 6.42 Å². The second kappa shape index (κ2) is 10.3. The summed E-state index contributed by atoms with van der Waals surface area (Å²) in [6.07, 6.45) is 9.26. The lowest BCUT2D eigenvalue weighted by molar-refractivity contribution is 0.368. The summed E-state index contributed by atoms with van der Waals surface area (Å²) in [4.78, 5) is 4.93. The van der Waals surface area contributed by atoms with E-state index < -0.39 is 0 Å². The van der Waals surface area contributed by atoms with Gasteiger partial charge in [0.05, 0.1) is 39.8 Å². The molecular formula is C30H42N2O4. The molecule has 0 atom stereocenters. The van der Waals surface area contributed by atoms with Gasteiger partial charge in [-0.25, -0.2) is 0 Å². The molecule has 0 aromatic heterocycles. The maximum atomic E-state index is 6.21. The zero-order valence-corrected chi connectivity index (χ0v) is 23.0. The highest BCUT2D eigenvalue weighted by atomic mass is 16.5. The molecule has 0 fully saturated rings. The van der Waals surface area contributed by atoms with Gasteiger partial charge in [0.1, 0.15) is 23.0 Å². The second-order valence-electron chi connectivity index (χ2n) is 10.3. The van der Waals surface area contributed by atoms with Crippen molar-refractivity contribution in [1.29, 1.82) is 0 Å². The van der Waals surface area contributed by atoms with Gasteiger partial charge in [-0.3, -0.25) is 0 Å². The lowest BCUT2D eigenvalue weighted by Gasteiger charge is -2.39. The average Bonchev–Trinajstić information content (AvgIpc) is 2.89. The number of fused-ring (bicyclic) bond motifs is 1. The van der Waals surface area contributed by atoms with E-state index in [4.69, 9.17) is 18.9 Å². The molecule has 3 aliphatic heterocycles. The molecule has 0 radical (unpaired) electrons. The van der Waals surface area contributed by atoms with Gasteiger partial charge in [0.15, 0.2) is 0 Å². The number of ether oxygens (including phenoxy) is 4. The van der Waals surface area contributed by atoms with Crippen LogP contribution in [0.1, 0.15) is 66.0 Å². The Morgan fingerprint density at radius 3 is 1.58 bits per heavy atom. The Bertz CT molecular complexity index is 1100. The van der Waals surface area contributed by atoms with Crippen molar-refractivity contribution in [3.63, 3.8) is 0 Å². The monoisotopic (exact) mass is 494 g/mol. The minimum absolute atomic E-state index is 0.659. The lowest BCUT2D eigenvalue weighted by Crippen LogP contribution is -2.35. The van der Waals surface area contributed by atoms with Gasteiger partial charge in [-0.15, -0.1) is 0 Å². The first-order valence-corrected chi connectivity index (χ1v) is 13.6. The van der Waals surface area contributed by atoms with Crippen LogP contribution in [0.25, 0.3) is 0 Å². The summed E-state index contributed by atoms with van der Waals surface area (Å²) in [5, 5.41) is 0. The van der Waals surface area contributed by atoms with E-state index in [1.165, 1.54) is 33.6 Å². The van der Waals surface area contributed by atoms with E-state index >= 15 is 0 Å². The highest BCUT2D eigenvalue weighted by Crippen LogP contribution is 2.52. The van der Waals surface area contributed by atoms with Gasteiger partial charge in [-0.1, -0.05) is 13.3 Å². The maximum Gasteiger partial charge on any atom is 0.131 e. The number of nitrogens with zero attached hydrogens (tertiary/aromatic N) is 2. The molecule has 3 aliphatic rings. The fourth-order valence-electron chi connectivity index (χ4n) is 7.07. The molecule has 0 unspecified atom stereocenters. The highest BCUT2D eigenvalue weighted by Gasteiger charge is 2.35. The molecule has 0 saturated carbocycles. The number of rotatable bonds is 8. The Balaban J connectivity index is 1.77. The van der Waals surface area contributed by atoms with Crippen LogP contribution in [-0.4, -0.2) is 55.1 Å². The van der Waals surface area contributed by atoms with Crippen LogP contribution < -0.4 is 28.7 Å². The number of anilines is 2. The van der Waals surface area contributed by atoms with Crippen molar-refractivity contribution in [2.75, 3.05) is 64.9 Å². The van der Waals surface area contributed by atoms with Crippen molar-refractivity contribution in [2.24, 2.45) is 0 Å². The van der Waals surface area contributed by atoms with Crippen LogP contribution >= 0.6 is 0 Å². The normalized spacial score (nSPS) is 16.4. The van der Waals surface area contributed by atoms with E-state index in [2.05, 4.69) is 23.8 Å². The minimum Gasteiger partial charge on any atom is -0.496 e. The summed E-state index contributed by atoms with van der Waals surface area (Å²) < 4.78 is 24.8. The summed E-state index contributed by atoms with van der Waals surface area (Å²) in [5.41, 5.74) is 10.2. The lowest BCUT2D eigenvalue weighted by atomic mass is 9.84. The molecule has 3 heterocycles. The molecule has 0 spiro atoms. The molecule has 0 amide bonds. The Hall–Kier alpha value is -2.76. The molecular weight excluding hydrogens is 452 g/mol. The van der Waals surface area contributed by atoms with Gasteiger partial charge in [0, 0.05) is 66.5 Å². The van der Waals surface area contributed by atoms with Crippen LogP contribution in [0.2, 0.25) is 0 Å². The van der Waals surface area contributed by atoms with Crippen LogP contribution in [0.5, 0.6) is 23.0 Å². The number of benzene rings is 2. The van der Waals surface area contributed by atoms with E-state index in [-0.39, 0.29) is 0 Å². The SMILES string of the molecule is CCCc1c(OC)c(Cc2c(OC)c3c4c(c2OC)CCCN4CCC3)c(OC)c2c1N(C)CCC2. The van der Waals surface area contributed by atoms with Crippen molar-refractivity contribution >= 4 is 11.4 Å². The predicted octanol–water partition coefficient (Wildman–Crippen LogP) is 5.35. The summed E-state index contributed by atoms with van der Waals surface area (Å²) >= 11 is 0. The Morgan fingerprint density at radius 1 is 0.611 bits per heavy atom. The van der Waals surface area contributed by atoms with E-state index in [1.807, 2.05) is 14.2 Å².